The molecule has 2 aliphatic carbocycles. The zero-order valence-corrected chi connectivity index (χ0v) is 29.8. The van der Waals surface area contributed by atoms with E-state index in [2.05, 4.69) is 10.6 Å². The van der Waals surface area contributed by atoms with Crippen LogP contribution in [0.25, 0.3) is 22.3 Å². The van der Waals surface area contributed by atoms with E-state index < -0.39 is 76.9 Å². The van der Waals surface area contributed by atoms with Gasteiger partial charge >= 0.3 is 24.0 Å². The number of alkyl carbamates (subject to hydrolysis) is 1. The number of aromatic nitrogens is 2. The fraction of sp³-hybridized carbons (Fsp3) is 0.447. The molecule has 0 radical (unpaired) electrons. The van der Waals surface area contributed by atoms with E-state index in [0.29, 0.717) is 64.7 Å². The summed E-state index contributed by atoms with van der Waals surface area (Å²) in [5.41, 5.74) is 0.109. The molecule has 7 rings (SSSR count). The lowest BCUT2D eigenvalue weighted by Crippen LogP contribution is -2.48. The average Bonchev–Trinajstić information content (AvgIpc) is 3.47. The van der Waals surface area contributed by atoms with Crippen LogP contribution in [0.2, 0.25) is 0 Å². The number of ether oxygens (including phenoxy) is 2. The molecular formula is C38H39FN4O11. The second kappa shape index (κ2) is 13.3. The monoisotopic (exact) mass is 746 g/mol. The quantitative estimate of drug-likeness (QED) is 0.136. The topological polar surface area (TPSA) is 223 Å². The number of carboxylic acids is 2. The number of hydrogen-bond acceptors (Lipinski definition) is 10. The molecular weight excluding hydrogens is 707 g/mol. The van der Waals surface area contributed by atoms with Crippen molar-refractivity contribution in [2.24, 2.45) is 5.41 Å². The number of aliphatic carboxylic acids is 2. The van der Waals surface area contributed by atoms with Crippen LogP contribution in [0.15, 0.2) is 29.1 Å². The minimum Gasteiger partial charge on any atom is -0.481 e. The van der Waals surface area contributed by atoms with Gasteiger partial charge in [-0.3, -0.25) is 14.4 Å². The molecule has 284 valence electrons. The van der Waals surface area contributed by atoms with E-state index in [9.17, 15) is 39.0 Å². The molecule has 3 aromatic rings. The second-order valence-electron chi connectivity index (χ2n) is 14.9. The number of nitrogens with zero attached hydrogens (tertiary/aromatic N) is 2. The average molecular weight is 747 g/mol. The van der Waals surface area contributed by atoms with E-state index in [1.807, 2.05) is 0 Å². The van der Waals surface area contributed by atoms with Crippen LogP contribution in [0.4, 0.5) is 9.18 Å². The summed E-state index contributed by atoms with van der Waals surface area (Å²) in [5, 5.41) is 35.5. The van der Waals surface area contributed by atoms with Gasteiger partial charge in [-0.2, -0.15) is 0 Å². The second-order valence-corrected chi connectivity index (χ2v) is 14.9. The van der Waals surface area contributed by atoms with Crippen LogP contribution in [-0.4, -0.2) is 66.9 Å². The Labute approximate surface area is 307 Å². The molecule has 0 spiro atoms. The first-order valence-electron chi connectivity index (χ1n) is 17.7. The van der Waals surface area contributed by atoms with E-state index in [1.165, 1.54) is 17.6 Å². The number of amides is 2. The molecule has 0 saturated heterocycles. The van der Waals surface area contributed by atoms with Crippen molar-refractivity contribution in [3.8, 4) is 11.4 Å². The van der Waals surface area contributed by atoms with E-state index >= 15 is 4.39 Å². The number of rotatable bonds is 7. The van der Waals surface area contributed by atoms with Crippen LogP contribution in [0, 0.1) is 18.2 Å². The lowest BCUT2D eigenvalue weighted by atomic mass is 9.77. The summed E-state index contributed by atoms with van der Waals surface area (Å²) in [6, 6.07) is 0.621. The van der Waals surface area contributed by atoms with E-state index in [4.69, 9.17) is 19.6 Å². The molecule has 5 N–H and O–H groups in total. The first-order chi connectivity index (χ1) is 25.5. The van der Waals surface area contributed by atoms with Crippen LogP contribution in [0.1, 0.15) is 91.8 Å². The van der Waals surface area contributed by atoms with Gasteiger partial charge in [-0.25, -0.2) is 23.8 Å². The van der Waals surface area contributed by atoms with Crippen molar-refractivity contribution in [2.45, 2.75) is 103 Å². The van der Waals surface area contributed by atoms with Gasteiger partial charge in [0.05, 0.1) is 41.5 Å². The minimum absolute atomic E-state index is 0.0649. The van der Waals surface area contributed by atoms with Gasteiger partial charge in [-0.15, -0.1) is 0 Å². The molecule has 1 unspecified atom stereocenters. The Morgan fingerprint density at radius 2 is 1.87 bits per heavy atom. The molecule has 54 heavy (non-hydrogen) atoms. The summed E-state index contributed by atoms with van der Waals surface area (Å²) in [7, 11) is 0. The van der Waals surface area contributed by atoms with Crippen LogP contribution in [0.5, 0.6) is 0 Å². The Bertz CT molecular complexity index is 2260. The lowest BCUT2D eigenvalue weighted by Gasteiger charge is -2.32. The Morgan fingerprint density at radius 3 is 2.59 bits per heavy atom. The molecule has 2 aromatic heterocycles. The molecule has 15 nitrogen and oxygen atoms in total. The molecule has 1 aromatic carbocycles. The van der Waals surface area contributed by atoms with Gasteiger partial charge in [0, 0.05) is 28.0 Å². The van der Waals surface area contributed by atoms with E-state index in [-0.39, 0.29) is 37.1 Å². The third-order valence-corrected chi connectivity index (χ3v) is 11.3. The molecule has 0 saturated carbocycles. The van der Waals surface area contributed by atoms with Crippen molar-refractivity contribution in [1.82, 2.24) is 20.2 Å². The van der Waals surface area contributed by atoms with Crippen molar-refractivity contribution in [3.63, 3.8) is 0 Å². The third-order valence-electron chi connectivity index (χ3n) is 11.3. The first kappa shape index (κ1) is 36.7. The highest BCUT2D eigenvalue weighted by atomic mass is 19.1. The summed E-state index contributed by atoms with van der Waals surface area (Å²) >= 11 is 0. The van der Waals surface area contributed by atoms with Crippen LogP contribution < -0.4 is 16.2 Å². The predicted molar refractivity (Wildman–Crippen MR) is 187 cm³/mol. The first-order valence-corrected chi connectivity index (χ1v) is 17.7. The number of nitrogens with one attached hydrogen (secondary N) is 2. The summed E-state index contributed by atoms with van der Waals surface area (Å²) in [6.45, 7) is 4.35. The predicted octanol–water partition coefficient (Wildman–Crippen LogP) is 3.40. The number of halogens is 1. The van der Waals surface area contributed by atoms with Crippen molar-refractivity contribution >= 4 is 40.8 Å². The van der Waals surface area contributed by atoms with E-state index in [1.54, 1.807) is 32.1 Å². The summed E-state index contributed by atoms with van der Waals surface area (Å²) in [6.07, 6.45) is 3.18. The fourth-order valence-electron chi connectivity index (χ4n) is 8.13. The van der Waals surface area contributed by atoms with Gasteiger partial charge in [-0.05, 0) is 81.2 Å². The smallest absolute Gasteiger partial charge is 0.408 e. The fourth-order valence-corrected chi connectivity index (χ4v) is 8.13. The van der Waals surface area contributed by atoms with Gasteiger partial charge in [0.25, 0.3) is 5.56 Å². The zero-order valence-electron chi connectivity index (χ0n) is 29.8. The van der Waals surface area contributed by atoms with Gasteiger partial charge < -0.3 is 40.0 Å². The van der Waals surface area contributed by atoms with Crippen molar-refractivity contribution in [3.05, 3.63) is 73.8 Å². The number of allylic oxidation sites excluding steroid dienone is 1. The number of cyclic esters (lactones) is 1. The van der Waals surface area contributed by atoms with Gasteiger partial charge in [0.15, 0.2) is 5.60 Å². The number of benzene rings is 1. The highest BCUT2D eigenvalue weighted by molar-refractivity contribution is 5.94. The number of fused-ring (bicyclic) bond motifs is 5. The number of carbonyl (C=O) groups is 5. The SMILES string of the molecule is Cc1c(F)cc2nc3c(c4c2c1CC[C@@H]4NC(=O)O[C@H]1/C=C\CCC(C)(C(=O)N[C@@H](CC(=O)O)C(=O)O)CC1)Cn1c-3cc2c(c1=O)COC(=O)[C@@]2(C)O. The highest BCUT2D eigenvalue weighted by Crippen LogP contribution is 2.46. The summed E-state index contributed by atoms with van der Waals surface area (Å²) in [4.78, 5) is 80.7. The molecule has 0 bridgehead atoms. The van der Waals surface area contributed by atoms with Gasteiger partial charge in [0.1, 0.15) is 24.6 Å². The van der Waals surface area contributed by atoms with Crippen LogP contribution in [0.3, 0.4) is 0 Å². The standard InChI is InChI=1S/C38H39FN4O11/c1-17-19-7-8-24(42-36(51)54-18-6-4-5-10-37(2,11-9-18)34(49)41-26(33(47)48)14-28(44)45)30-20-15-43-27(31(20)40-25(29(19)30)13-23(17)39)12-22-21(32(43)46)16-53-35(50)38(22,3)52/h4,6,12-13,18,24,26,52H,5,7-11,14-16H2,1-3H3,(H,41,49)(H,42,51)(H,44,45)(H,47,48)/b6-4-/t18-,24-,26-,37?,38-/m0/s1. The Hall–Kier alpha value is -5.64. The lowest BCUT2D eigenvalue weighted by molar-refractivity contribution is -0.169. The maximum Gasteiger partial charge on any atom is 0.408 e. The molecule has 2 amide bonds. The number of esters is 1. The Morgan fingerprint density at radius 1 is 1.11 bits per heavy atom. The van der Waals surface area contributed by atoms with Crippen molar-refractivity contribution in [2.75, 3.05) is 0 Å². The van der Waals surface area contributed by atoms with E-state index in [0.717, 1.165) is 5.56 Å². The largest absolute Gasteiger partial charge is 0.481 e. The van der Waals surface area contributed by atoms with Gasteiger partial charge in [0.2, 0.25) is 5.91 Å². The molecule has 2 aliphatic heterocycles. The molecule has 0 fully saturated rings. The molecule has 16 heteroatoms. The third kappa shape index (κ3) is 6.17. The van der Waals surface area contributed by atoms with Crippen LogP contribution in [-0.2, 0) is 53.8 Å². The Balaban J connectivity index is 1.17. The van der Waals surface area contributed by atoms with Crippen molar-refractivity contribution in [1.29, 1.82) is 0 Å². The highest BCUT2D eigenvalue weighted by Gasteiger charge is 2.44. The Kier molecular flexibility index (Phi) is 9.07. The molecule has 4 heterocycles. The minimum atomic E-state index is -2.08. The number of aliphatic hydroxyl groups is 1. The zero-order chi connectivity index (χ0) is 38.9. The maximum absolute atomic E-state index is 15.3. The summed E-state index contributed by atoms with van der Waals surface area (Å²) in [5.74, 6) is -4.78. The van der Waals surface area contributed by atoms with Gasteiger partial charge in [-0.1, -0.05) is 13.0 Å². The number of aryl methyl sites for hydroxylation is 1. The molecule has 5 atom stereocenters. The molecule has 4 aliphatic rings. The van der Waals surface area contributed by atoms with Crippen LogP contribution >= 0.6 is 0 Å². The number of carbonyl (C=O) groups excluding carboxylic acids is 3. The number of pyridine rings is 2. The number of carboxylic acid groups (broad SMARTS) is 2. The number of hydrogen-bond donors (Lipinski definition) is 5. The normalized spacial score (nSPS) is 25.2. The van der Waals surface area contributed by atoms with Crippen molar-refractivity contribution < 1.29 is 53.2 Å². The maximum atomic E-state index is 15.3. The summed E-state index contributed by atoms with van der Waals surface area (Å²) < 4.78 is 27.7.